The minimum Gasteiger partial charge on any atom is -0.462 e. The fourth-order valence-electron chi connectivity index (χ4n) is 0.740. The van der Waals surface area contributed by atoms with E-state index in [4.69, 9.17) is 14.7 Å². The maximum atomic E-state index is 11.1. The number of carbonyl (C=O) groups excluding carboxylic acids is 1. The van der Waals surface area contributed by atoms with Crippen molar-refractivity contribution in [2.45, 2.75) is 6.92 Å². The van der Waals surface area contributed by atoms with Gasteiger partial charge in [-0.3, -0.25) is 0 Å². The second kappa shape index (κ2) is 8.32. The first-order chi connectivity index (χ1) is 7.47. The van der Waals surface area contributed by atoms with Crippen molar-refractivity contribution in [3.05, 3.63) is 23.9 Å². The van der Waals surface area contributed by atoms with Gasteiger partial charge in [-0.25, -0.2) is 14.0 Å². The minimum atomic E-state index is -1.67. The number of aromatic nitrogens is 1. The van der Waals surface area contributed by atoms with Crippen LogP contribution in [0, 0.1) is 0 Å². The number of hydrogen-bond donors (Lipinski definition) is 1. The van der Waals surface area contributed by atoms with Crippen LogP contribution in [0.15, 0.2) is 18.3 Å². The zero-order chi connectivity index (χ0) is 12.6. The molecule has 0 fully saturated rings. The van der Waals surface area contributed by atoms with E-state index in [1.165, 1.54) is 6.20 Å². The highest BCUT2D eigenvalue weighted by Crippen LogP contribution is 2.02. The van der Waals surface area contributed by atoms with Gasteiger partial charge in [0.05, 0.1) is 12.2 Å². The van der Waals surface area contributed by atoms with E-state index in [1.54, 1.807) is 19.1 Å². The van der Waals surface area contributed by atoms with Gasteiger partial charge >= 0.3 is 5.97 Å². The molecule has 8 heteroatoms. The Bertz CT molecular complexity index is 355. The highest BCUT2D eigenvalue weighted by molar-refractivity contribution is 8.26. The third-order valence-electron chi connectivity index (χ3n) is 1.30. The monoisotopic (exact) mass is 284 g/mol. The van der Waals surface area contributed by atoms with Crippen molar-refractivity contribution in [2.24, 2.45) is 0 Å². The molecular weight excluding hydrogens is 275 g/mol. The number of rotatable bonds is 2. The van der Waals surface area contributed by atoms with E-state index in [0.717, 1.165) is 0 Å². The minimum absolute atomic E-state index is 0.364. The van der Waals surface area contributed by atoms with Crippen LogP contribution in [0.4, 0.5) is 5.82 Å². The molecular formula is C8H10Cl2N2O3S. The third kappa shape index (κ3) is 7.44. The summed E-state index contributed by atoms with van der Waals surface area (Å²) in [5.74, 6) is 0.0213. The molecule has 0 unspecified atom stereocenters. The number of hydrogen-bond acceptors (Lipinski definition) is 5. The van der Waals surface area contributed by atoms with Crippen LogP contribution in [-0.4, -0.2) is 21.8 Å². The third-order valence-corrected chi connectivity index (χ3v) is 1.30. The van der Waals surface area contributed by atoms with Crippen LogP contribution in [0.5, 0.6) is 0 Å². The maximum Gasteiger partial charge on any atom is 0.339 e. The standard InChI is InChI=1S/C8H10N2O2.Cl2OS/c1-2-12-8(11)6-3-4-7(9)10-5-6;1-4(2)3/h3-5H,2H2,1H3,(H2,9,10);. The zero-order valence-electron chi connectivity index (χ0n) is 8.35. The lowest BCUT2D eigenvalue weighted by Crippen LogP contribution is -2.05. The topological polar surface area (TPSA) is 82.3 Å². The normalized spacial score (nSPS) is 9.25. The van der Waals surface area contributed by atoms with Gasteiger partial charge < -0.3 is 10.5 Å². The summed E-state index contributed by atoms with van der Waals surface area (Å²) in [6.45, 7) is 2.12. The summed E-state index contributed by atoms with van der Waals surface area (Å²) >= 11 is 0. The summed E-state index contributed by atoms with van der Waals surface area (Å²) in [6.07, 6.45) is 1.40. The average molecular weight is 285 g/mol. The molecule has 0 radical (unpaired) electrons. The second-order valence-corrected chi connectivity index (χ2v) is 4.90. The smallest absolute Gasteiger partial charge is 0.339 e. The molecule has 0 amide bonds. The van der Waals surface area contributed by atoms with Crippen molar-refractivity contribution in [2.75, 3.05) is 12.3 Å². The van der Waals surface area contributed by atoms with Crippen molar-refractivity contribution in [1.82, 2.24) is 4.98 Å². The first-order valence-corrected chi connectivity index (χ1v) is 6.90. The van der Waals surface area contributed by atoms with Gasteiger partial charge in [-0.15, -0.1) is 0 Å². The molecule has 1 heterocycles. The van der Waals surface area contributed by atoms with Gasteiger partial charge in [0.1, 0.15) is 5.82 Å². The largest absolute Gasteiger partial charge is 0.462 e. The van der Waals surface area contributed by atoms with Gasteiger partial charge in [0.25, 0.3) is 0 Å². The first kappa shape index (κ1) is 15.2. The molecule has 0 bridgehead atoms. The lowest BCUT2D eigenvalue weighted by molar-refractivity contribution is 0.0526. The van der Waals surface area contributed by atoms with Crippen LogP contribution < -0.4 is 5.73 Å². The van der Waals surface area contributed by atoms with E-state index in [0.29, 0.717) is 18.0 Å². The number of nitrogens with two attached hydrogens (primary N) is 1. The number of esters is 1. The molecule has 0 saturated carbocycles. The van der Waals surface area contributed by atoms with E-state index in [2.05, 4.69) is 26.3 Å². The summed E-state index contributed by atoms with van der Waals surface area (Å²) in [5.41, 5.74) is 5.76. The van der Waals surface area contributed by atoms with Crippen LogP contribution in [0.25, 0.3) is 0 Å². The Morgan fingerprint density at radius 2 is 2.12 bits per heavy atom. The molecule has 0 aliphatic carbocycles. The number of ether oxygens (including phenoxy) is 1. The van der Waals surface area contributed by atoms with Crippen molar-refractivity contribution in [3.63, 3.8) is 0 Å². The highest BCUT2D eigenvalue weighted by Gasteiger charge is 2.04. The van der Waals surface area contributed by atoms with E-state index < -0.39 is 9.23 Å². The molecule has 16 heavy (non-hydrogen) atoms. The molecule has 0 aromatic carbocycles. The second-order valence-electron chi connectivity index (χ2n) is 2.38. The predicted octanol–water partition coefficient (Wildman–Crippen LogP) is 1.88. The van der Waals surface area contributed by atoms with Gasteiger partial charge in [0.15, 0.2) is 0 Å². The number of pyridine rings is 1. The molecule has 1 aromatic heterocycles. The van der Waals surface area contributed by atoms with Crippen molar-refractivity contribution < 1.29 is 13.7 Å². The van der Waals surface area contributed by atoms with Crippen LogP contribution in [0.3, 0.4) is 0 Å². The number of halogens is 2. The molecule has 0 saturated heterocycles. The average Bonchev–Trinajstić information content (AvgIpc) is 2.18. The molecule has 0 spiro atoms. The molecule has 0 atom stereocenters. The Kier molecular flexibility index (Phi) is 7.88. The van der Waals surface area contributed by atoms with Gasteiger partial charge in [-0.1, -0.05) is 0 Å². The Hall–Kier alpha value is -0.850. The van der Waals surface area contributed by atoms with Gasteiger partial charge in [-0.2, -0.15) is 0 Å². The summed E-state index contributed by atoms with van der Waals surface area (Å²) in [5, 5.41) is 0. The lowest BCUT2D eigenvalue weighted by atomic mass is 10.3. The Morgan fingerprint density at radius 1 is 1.56 bits per heavy atom. The number of nitrogens with zero attached hydrogens (tertiary/aromatic N) is 1. The van der Waals surface area contributed by atoms with Crippen molar-refractivity contribution >= 4 is 42.4 Å². The number of nitrogen functional groups attached to an aromatic ring is 1. The fourth-order valence-corrected chi connectivity index (χ4v) is 0.740. The van der Waals surface area contributed by atoms with Crippen molar-refractivity contribution in [3.8, 4) is 0 Å². The quantitative estimate of drug-likeness (QED) is 0.662. The first-order valence-electron chi connectivity index (χ1n) is 4.10. The molecule has 5 nitrogen and oxygen atoms in total. The Labute approximate surface area is 104 Å². The van der Waals surface area contributed by atoms with Crippen LogP contribution in [-0.2, 0) is 14.0 Å². The predicted molar refractivity (Wildman–Crippen MR) is 64.5 cm³/mol. The van der Waals surface area contributed by atoms with Crippen LogP contribution in [0.2, 0.25) is 0 Å². The molecule has 1 rings (SSSR count). The fraction of sp³-hybridized carbons (Fsp3) is 0.250. The zero-order valence-corrected chi connectivity index (χ0v) is 10.7. The van der Waals surface area contributed by atoms with Crippen LogP contribution >= 0.6 is 21.4 Å². The van der Waals surface area contributed by atoms with Crippen molar-refractivity contribution in [1.29, 1.82) is 0 Å². The van der Waals surface area contributed by atoms with Gasteiger partial charge in [-0.05, 0) is 19.1 Å². The van der Waals surface area contributed by atoms with Gasteiger partial charge in [0, 0.05) is 27.6 Å². The Morgan fingerprint density at radius 3 is 2.50 bits per heavy atom. The summed E-state index contributed by atoms with van der Waals surface area (Å²) in [6, 6.07) is 3.15. The van der Waals surface area contributed by atoms with Gasteiger partial charge in [0.2, 0.25) is 9.23 Å². The Balaban J connectivity index is 0.000000487. The lowest BCUT2D eigenvalue weighted by Gasteiger charge is -2.00. The molecule has 1 aromatic rings. The number of anilines is 1. The van der Waals surface area contributed by atoms with E-state index in [-0.39, 0.29) is 5.97 Å². The molecule has 2 N–H and O–H groups in total. The number of carbonyl (C=O) groups is 1. The van der Waals surface area contributed by atoms with Crippen LogP contribution in [0.1, 0.15) is 17.3 Å². The van der Waals surface area contributed by atoms with E-state index in [1.807, 2.05) is 0 Å². The summed E-state index contributed by atoms with van der Waals surface area (Å²) < 4.78 is 13.8. The van der Waals surface area contributed by atoms with E-state index in [9.17, 15) is 4.79 Å². The highest BCUT2D eigenvalue weighted by atomic mass is 36.0. The molecule has 0 aliphatic rings. The summed E-state index contributed by atoms with van der Waals surface area (Å²) in [4.78, 5) is 14.8. The van der Waals surface area contributed by atoms with E-state index >= 15 is 0 Å². The SMILES string of the molecule is CCOC(=O)c1ccc(N)nc1.O=S(Cl)Cl. The summed E-state index contributed by atoms with van der Waals surface area (Å²) in [7, 11) is 7.36. The molecule has 0 aliphatic heterocycles. The maximum absolute atomic E-state index is 11.1. The molecule has 90 valence electrons.